The minimum atomic E-state index is -0.718. The Morgan fingerprint density at radius 2 is 1.97 bits per heavy atom. The molecule has 2 amide bonds. The zero-order valence-corrected chi connectivity index (χ0v) is 17.4. The number of piperazine rings is 1. The molecule has 1 aromatic heterocycles. The Hall–Kier alpha value is -2.49. The monoisotopic (exact) mass is 436 g/mol. The van der Waals surface area contributed by atoms with Crippen LogP contribution in [0, 0.1) is 10.1 Å². The van der Waals surface area contributed by atoms with E-state index in [1.807, 2.05) is 12.1 Å². The minimum Gasteiger partial charge on any atom is -0.341 e. The Kier molecular flexibility index (Phi) is 6.83. The Bertz CT molecular complexity index is 911. The maximum Gasteiger partial charge on any atom is 0.270 e. The van der Waals surface area contributed by atoms with Gasteiger partial charge in [-0.15, -0.1) is 11.3 Å². The second-order valence-corrected chi connectivity index (χ2v) is 8.61. The van der Waals surface area contributed by atoms with Gasteiger partial charge in [0.25, 0.3) is 11.6 Å². The molecule has 3 rings (SSSR count). The molecule has 154 valence electrons. The van der Waals surface area contributed by atoms with Crippen LogP contribution in [0.25, 0.3) is 0 Å². The molecule has 8 nitrogen and oxygen atoms in total. The standard InChI is InChI=1S/C19H21ClN4O4S/c1-13(21-18(25)14-3-2-4-15(11-14)24(27)28)19(26)23-9-7-22(8-10-23)12-16-5-6-17(20)29-16/h2-6,11,13H,7-10,12H2,1H3,(H,21,25)/t13-/m0/s1. The van der Waals surface area contributed by atoms with E-state index < -0.39 is 16.9 Å². The predicted molar refractivity (Wildman–Crippen MR) is 111 cm³/mol. The smallest absolute Gasteiger partial charge is 0.270 e. The van der Waals surface area contributed by atoms with E-state index in [0.717, 1.165) is 24.0 Å². The van der Waals surface area contributed by atoms with E-state index in [0.29, 0.717) is 13.1 Å². The van der Waals surface area contributed by atoms with Gasteiger partial charge in [0.15, 0.2) is 0 Å². The molecule has 0 spiro atoms. The molecule has 0 radical (unpaired) electrons. The zero-order chi connectivity index (χ0) is 21.0. The molecule has 1 saturated heterocycles. The normalized spacial score (nSPS) is 15.7. The van der Waals surface area contributed by atoms with Crippen LogP contribution in [0.2, 0.25) is 4.34 Å². The average molecular weight is 437 g/mol. The van der Waals surface area contributed by atoms with Crippen LogP contribution >= 0.6 is 22.9 Å². The summed E-state index contributed by atoms with van der Waals surface area (Å²) < 4.78 is 0.766. The number of halogens is 1. The number of nitro groups is 1. The number of hydrogen-bond acceptors (Lipinski definition) is 6. The molecule has 29 heavy (non-hydrogen) atoms. The maximum atomic E-state index is 12.7. The molecule has 0 bridgehead atoms. The molecule has 1 aliphatic heterocycles. The number of amides is 2. The lowest BCUT2D eigenvalue weighted by molar-refractivity contribution is -0.384. The largest absolute Gasteiger partial charge is 0.341 e. The van der Waals surface area contributed by atoms with Crippen molar-refractivity contribution < 1.29 is 14.5 Å². The van der Waals surface area contributed by atoms with Crippen LogP contribution in [0.5, 0.6) is 0 Å². The number of nitrogens with one attached hydrogen (secondary N) is 1. The molecule has 2 aromatic rings. The van der Waals surface area contributed by atoms with Crippen molar-refractivity contribution >= 4 is 40.4 Å². The van der Waals surface area contributed by atoms with E-state index in [-0.39, 0.29) is 17.2 Å². The first-order chi connectivity index (χ1) is 13.8. The first-order valence-electron chi connectivity index (χ1n) is 9.14. The minimum absolute atomic E-state index is 0.151. The second kappa shape index (κ2) is 9.34. The molecular formula is C19H21ClN4O4S. The lowest BCUT2D eigenvalue weighted by Crippen LogP contribution is -2.53. The number of non-ortho nitro benzene ring substituents is 1. The highest BCUT2D eigenvalue weighted by molar-refractivity contribution is 7.16. The average Bonchev–Trinajstić information content (AvgIpc) is 3.12. The first kappa shape index (κ1) is 21.2. The van der Waals surface area contributed by atoms with Crippen LogP contribution in [-0.2, 0) is 11.3 Å². The third-order valence-electron chi connectivity index (χ3n) is 4.73. The highest BCUT2D eigenvalue weighted by Gasteiger charge is 2.26. The number of carbonyl (C=O) groups is 2. The Labute approximate surface area is 177 Å². The highest BCUT2D eigenvalue weighted by atomic mass is 35.5. The van der Waals surface area contributed by atoms with Gasteiger partial charge in [0.1, 0.15) is 6.04 Å². The van der Waals surface area contributed by atoms with E-state index in [4.69, 9.17) is 11.6 Å². The van der Waals surface area contributed by atoms with Crippen molar-refractivity contribution in [3.05, 3.63) is 61.3 Å². The van der Waals surface area contributed by atoms with Crippen molar-refractivity contribution in [1.82, 2.24) is 15.1 Å². The molecule has 0 saturated carbocycles. The van der Waals surface area contributed by atoms with Gasteiger partial charge in [-0.2, -0.15) is 0 Å². The topological polar surface area (TPSA) is 95.8 Å². The summed E-state index contributed by atoms with van der Waals surface area (Å²) in [6, 6.07) is 8.61. The van der Waals surface area contributed by atoms with Crippen LogP contribution in [0.3, 0.4) is 0 Å². The summed E-state index contributed by atoms with van der Waals surface area (Å²) in [5.41, 5.74) is -0.0157. The van der Waals surface area contributed by atoms with Gasteiger partial charge in [0, 0.05) is 55.3 Å². The predicted octanol–water partition coefficient (Wildman–Crippen LogP) is 2.77. The van der Waals surface area contributed by atoms with Crippen molar-refractivity contribution in [1.29, 1.82) is 0 Å². The van der Waals surface area contributed by atoms with Gasteiger partial charge in [-0.05, 0) is 25.1 Å². The molecule has 1 aromatic carbocycles. The fourth-order valence-corrected chi connectivity index (χ4v) is 4.29. The molecule has 0 aliphatic carbocycles. The van der Waals surface area contributed by atoms with Crippen molar-refractivity contribution in [2.45, 2.75) is 19.5 Å². The summed E-state index contributed by atoms with van der Waals surface area (Å²) in [6.07, 6.45) is 0. The van der Waals surface area contributed by atoms with E-state index >= 15 is 0 Å². The Morgan fingerprint density at radius 1 is 1.24 bits per heavy atom. The van der Waals surface area contributed by atoms with Crippen molar-refractivity contribution in [3.63, 3.8) is 0 Å². The molecule has 0 unspecified atom stereocenters. The first-order valence-corrected chi connectivity index (χ1v) is 10.3. The molecule has 1 atom stereocenters. The quantitative estimate of drug-likeness (QED) is 0.554. The molecular weight excluding hydrogens is 416 g/mol. The van der Waals surface area contributed by atoms with Gasteiger partial charge in [-0.25, -0.2) is 0 Å². The van der Waals surface area contributed by atoms with Gasteiger partial charge in [-0.1, -0.05) is 17.7 Å². The van der Waals surface area contributed by atoms with E-state index in [9.17, 15) is 19.7 Å². The van der Waals surface area contributed by atoms with Crippen molar-refractivity contribution in [2.24, 2.45) is 0 Å². The van der Waals surface area contributed by atoms with Crippen LogP contribution in [-0.4, -0.2) is 58.8 Å². The molecule has 1 N–H and O–H groups in total. The summed E-state index contributed by atoms with van der Waals surface area (Å²) in [4.78, 5) is 40.5. The summed E-state index contributed by atoms with van der Waals surface area (Å²) >= 11 is 7.52. The zero-order valence-electron chi connectivity index (χ0n) is 15.8. The van der Waals surface area contributed by atoms with E-state index in [2.05, 4.69) is 10.2 Å². The van der Waals surface area contributed by atoms with Crippen LogP contribution in [0.1, 0.15) is 22.2 Å². The number of benzene rings is 1. The highest BCUT2D eigenvalue weighted by Crippen LogP contribution is 2.23. The second-order valence-electron chi connectivity index (χ2n) is 6.81. The summed E-state index contributed by atoms with van der Waals surface area (Å²) in [7, 11) is 0. The molecule has 2 heterocycles. The van der Waals surface area contributed by atoms with Gasteiger partial charge in [-0.3, -0.25) is 24.6 Å². The van der Waals surface area contributed by atoms with Gasteiger partial charge >= 0.3 is 0 Å². The van der Waals surface area contributed by atoms with E-state index in [1.165, 1.54) is 29.1 Å². The Balaban J connectivity index is 1.51. The number of rotatable bonds is 6. The third-order valence-corrected chi connectivity index (χ3v) is 5.95. The number of thiophene rings is 1. The van der Waals surface area contributed by atoms with Crippen LogP contribution in [0.4, 0.5) is 5.69 Å². The SMILES string of the molecule is C[C@H](NC(=O)c1cccc([N+](=O)[O-])c1)C(=O)N1CCN(Cc2ccc(Cl)s2)CC1. The molecule has 1 aliphatic rings. The summed E-state index contributed by atoms with van der Waals surface area (Å²) in [6.45, 7) is 5.07. The van der Waals surface area contributed by atoms with Gasteiger partial charge in [0.05, 0.1) is 9.26 Å². The number of nitrogens with zero attached hydrogens (tertiary/aromatic N) is 3. The molecule has 10 heteroatoms. The van der Waals surface area contributed by atoms with Crippen LogP contribution < -0.4 is 5.32 Å². The number of carbonyl (C=O) groups excluding carboxylic acids is 2. The number of nitro benzene ring substituents is 1. The Morgan fingerprint density at radius 3 is 2.59 bits per heavy atom. The van der Waals surface area contributed by atoms with E-state index in [1.54, 1.807) is 23.2 Å². The summed E-state index contributed by atoms with van der Waals surface area (Å²) in [5.74, 6) is -0.676. The maximum absolute atomic E-state index is 12.7. The lowest BCUT2D eigenvalue weighted by Gasteiger charge is -2.35. The number of hydrogen-bond donors (Lipinski definition) is 1. The summed E-state index contributed by atoms with van der Waals surface area (Å²) in [5, 5.41) is 13.5. The van der Waals surface area contributed by atoms with Gasteiger partial charge < -0.3 is 10.2 Å². The van der Waals surface area contributed by atoms with Crippen molar-refractivity contribution in [2.75, 3.05) is 26.2 Å². The fraction of sp³-hybridized carbons (Fsp3) is 0.368. The molecule has 1 fully saturated rings. The van der Waals surface area contributed by atoms with Crippen LogP contribution in [0.15, 0.2) is 36.4 Å². The third kappa shape index (κ3) is 5.53. The van der Waals surface area contributed by atoms with Crippen molar-refractivity contribution in [3.8, 4) is 0 Å². The fourth-order valence-electron chi connectivity index (χ4n) is 3.16. The van der Waals surface area contributed by atoms with Gasteiger partial charge in [0.2, 0.25) is 5.91 Å². The lowest BCUT2D eigenvalue weighted by atomic mass is 10.1.